The number of para-hydroxylation sites is 4. The summed E-state index contributed by atoms with van der Waals surface area (Å²) in [6.45, 7) is 0. The van der Waals surface area contributed by atoms with Crippen molar-refractivity contribution < 1.29 is 0 Å². The van der Waals surface area contributed by atoms with Crippen molar-refractivity contribution >= 4 is 75.1 Å². The zero-order chi connectivity index (χ0) is 29.5. The van der Waals surface area contributed by atoms with Crippen LogP contribution in [0.5, 0.6) is 0 Å². The summed E-state index contributed by atoms with van der Waals surface area (Å²) < 4.78 is 7.46. The molecule has 3 aromatic heterocycles. The second-order valence-corrected chi connectivity index (χ2v) is 12.8. The molecule has 0 radical (unpaired) electrons. The third kappa shape index (κ3) is 3.56. The number of aromatic nitrogens is 2. The van der Waals surface area contributed by atoms with Gasteiger partial charge in [-0.3, -0.25) is 0 Å². The Morgan fingerprint density at radius 2 is 0.867 bits per heavy atom. The van der Waals surface area contributed by atoms with Crippen LogP contribution in [-0.4, -0.2) is 9.13 Å². The molecule has 0 N–H and O–H groups in total. The fourth-order valence-corrected chi connectivity index (χ4v) is 8.53. The van der Waals surface area contributed by atoms with E-state index in [2.05, 4.69) is 167 Å². The van der Waals surface area contributed by atoms with E-state index in [1.807, 2.05) is 11.3 Å². The number of nitrogens with zero attached hydrogens (tertiary/aromatic N) is 2. The minimum atomic E-state index is 1.17. The summed E-state index contributed by atoms with van der Waals surface area (Å²) in [5, 5.41) is 7.74. The Bertz CT molecular complexity index is 2670. The van der Waals surface area contributed by atoms with Gasteiger partial charge in [0.1, 0.15) is 0 Å². The quantitative estimate of drug-likeness (QED) is 0.194. The molecule has 3 heteroatoms. The van der Waals surface area contributed by atoms with Crippen molar-refractivity contribution in [3.05, 3.63) is 158 Å². The number of hydrogen-bond donors (Lipinski definition) is 0. The molecule has 7 aromatic carbocycles. The van der Waals surface area contributed by atoms with Gasteiger partial charge in [0.15, 0.2) is 0 Å². The molecule has 0 saturated carbocycles. The molecule has 0 fully saturated rings. The summed E-state index contributed by atoms with van der Waals surface area (Å²) in [6.07, 6.45) is 0. The van der Waals surface area contributed by atoms with Gasteiger partial charge in [-0.05, 0) is 65.7 Å². The Balaban J connectivity index is 1.16. The van der Waals surface area contributed by atoms with E-state index in [1.165, 1.54) is 86.3 Å². The lowest BCUT2D eigenvalue weighted by Gasteiger charge is -2.10. The molecule has 0 spiro atoms. The van der Waals surface area contributed by atoms with Crippen molar-refractivity contribution in [1.29, 1.82) is 0 Å². The maximum absolute atomic E-state index is 2.44. The SMILES string of the molecule is c1cc(-c2ccc3sc4c(-n5c6ccccc6c6ccccc65)cccc4c3c2)cc(-n2c3ccccc3c3ccccc32)c1. The summed E-state index contributed by atoms with van der Waals surface area (Å²) in [5.74, 6) is 0. The van der Waals surface area contributed by atoms with Gasteiger partial charge in [0, 0.05) is 42.7 Å². The highest BCUT2D eigenvalue weighted by molar-refractivity contribution is 7.26. The third-order valence-corrected chi connectivity index (χ3v) is 10.5. The van der Waals surface area contributed by atoms with Gasteiger partial charge in [0.2, 0.25) is 0 Å². The average molecular weight is 591 g/mol. The van der Waals surface area contributed by atoms with Crippen molar-refractivity contribution in [2.45, 2.75) is 0 Å². The Hall–Kier alpha value is -5.64. The number of fused-ring (bicyclic) bond motifs is 9. The van der Waals surface area contributed by atoms with Gasteiger partial charge in [-0.2, -0.15) is 0 Å². The molecule has 45 heavy (non-hydrogen) atoms. The van der Waals surface area contributed by atoms with E-state index in [1.54, 1.807) is 0 Å². The van der Waals surface area contributed by atoms with Gasteiger partial charge >= 0.3 is 0 Å². The first-order valence-electron chi connectivity index (χ1n) is 15.4. The number of thiophene rings is 1. The van der Waals surface area contributed by atoms with Crippen LogP contribution in [0, 0.1) is 0 Å². The highest BCUT2D eigenvalue weighted by Crippen LogP contribution is 2.42. The van der Waals surface area contributed by atoms with Crippen LogP contribution >= 0.6 is 11.3 Å². The largest absolute Gasteiger partial charge is 0.309 e. The fraction of sp³-hybridized carbons (Fsp3) is 0. The van der Waals surface area contributed by atoms with Crippen LogP contribution in [0.1, 0.15) is 0 Å². The highest BCUT2D eigenvalue weighted by Gasteiger charge is 2.17. The van der Waals surface area contributed by atoms with Crippen LogP contribution in [0.15, 0.2) is 158 Å². The van der Waals surface area contributed by atoms with Gasteiger partial charge in [-0.1, -0.05) is 103 Å². The minimum absolute atomic E-state index is 1.17. The second-order valence-electron chi connectivity index (χ2n) is 11.8. The van der Waals surface area contributed by atoms with Crippen LogP contribution in [0.25, 0.3) is 86.3 Å². The average Bonchev–Trinajstić information content (AvgIpc) is 3.76. The van der Waals surface area contributed by atoms with Crippen molar-refractivity contribution in [2.75, 3.05) is 0 Å². The molecule has 210 valence electrons. The molecule has 0 aliphatic carbocycles. The smallest absolute Gasteiger partial charge is 0.0640 e. The lowest BCUT2D eigenvalue weighted by atomic mass is 10.0. The van der Waals surface area contributed by atoms with Gasteiger partial charge in [0.05, 0.1) is 32.5 Å². The Labute approximate surface area is 263 Å². The van der Waals surface area contributed by atoms with Crippen molar-refractivity contribution in [3.8, 4) is 22.5 Å². The van der Waals surface area contributed by atoms with E-state index >= 15 is 0 Å². The fourth-order valence-electron chi connectivity index (χ4n) is 7.35. The molecule has 10 aromatic rings. The van der Waals surface area contributed by atoms with Gasteiger partial charge < -0.3 is 9.13 Å². The van der Waals surface area contributed by atoms with Crippen LogP contribution in [0.4, 0.5) is 0 Å². The standard InChI is InChI=1S/C42H26N2S/c1-5-18-36-30(13-1)31-14-2-6-19-37(31)43(36)29-12-9-11-27(25-29)28-23-24-41-35(26-28)34-17-10-22-40(42(34)45-41)44-38-20-7-3-15-32(38)33-16-4-8-21-39(33)44/h1-26H. The summed E-state index contributed by atoms with van der Waals surface area (Å²) in [4.78, 5) is 0. The molecule has 0 atom stereocenters. The van der Waals surface area contributed by atoms with Gasteiger partial charge in [-0.15, -0.1) is 11.3 Å². The van der Waals surface area contributed by atoms with Crippen molar-refractivity contribution in [3.63, 3.8) is 0 Å². The van der Waals surface area contributed by atoms with E-state index in [0.29, 0.717) is 0 Å². The maximum Gasteiger partial charge on any atom is 0.0640 e. The van der Waals surface area contributed by atoms with Crippen LogP contribution in [-0.2, 0) is 0 Å². The van der Waals surface area contributed by atoms with Gasteiger partial charge in [-0.25, -0.2) is 0 Å². The Kier molecular flexibility index (Phi) is 5.19. The first kappa shape index (κ1) is 24.8. The van der Waals surface area contributed by atoms with E-state index < -0.39 is 0 Å². The van der Waals surface area contributed by atoms with E-state index in [-0.39, 0.29) is 0 Å². The molecular formula is C42H26N2S. The summed E-state index contributed by atoms with van der Waals surface area (Å²) in [5.41, 5.74) is 9.80. The van der Waals surface area contributed by atoms with Crippen molar-refractivity contribution in [1.82, 2.24) is 9.13 Å². The lowest BCUT2D eigenvalue weighted by molar-refractivity contribution is 1.18. The Morgan fingerprint density at radius 3 is 1.49 bits per heavy atom. The molecule has 0 saturated heterocycles. The predicted octanol–water partition coefficient (Wildman–Crippen LogP) is 11.9. The second kappa shape index (κ2) is 9.43. The third-order valence-electron chi connectivity index (χ3n) is 9.31. The Morgan fingerprint density at radius 1 is 0.356 bits per heavy atom. The van der Waals surface area contributed by atoms with Crippen LogP contribution < -0.4 is 0 Å². The molecule has 2 nitrogen and oxygen atoms in total. The molecule has 10 rings (SSSR count). The normalized spacial score (nSPS) is 12.0. The zero-order valence-electron chi connectivity index (χ0n) is 24.3. The zero-order valence-corrected chi connectivity index (χ0v) is 25.1. The number of benzene rings is 7. The van der Waals surface area contributed by atoms with Crippen LogP contribution in [0.3, 0.4) is 0 Å². The molecule has 0 aliphatic rings. The minimum Gasteiger partial charge on any atom is -0.309 e. The maximum atomic E-state index is 2.44. The molecule has 0 aliphatic heterocycles. The monoisotopic (exact) mass is 590 g/mol. The van der Waals surface area contributed by atoms with Gasteiger partial charge in [0.25, 0.3) is 0 Å². The molecule has 3 heterocycles. The highest BCUT2D eigenvalue weighted by atomic mass is 32.1. The lowest BCUT2D eigenvalue weighted by Crippen LogP contribution is -1.94. The molecular weight excluding hydrogens is 565 g/mol. The molecule has 0 unspecified atom stereocenters. The van der Waals surface area contributed by atoms with E-state index in [9.17, 15) is 0 Å². The molecule has 0 amide bonds. The molecule has 0 bridgehead atoms. The number of hydrogen-bond acceptors (Lipinski definition) is 1. The topological polar surface area (TPSA) is 9.86 Å². The summed E-state index contributed by atoms with van der Waals surface area (Å²) in [7, 11) is 0. The van der Waals surface area contributed by atoms with Crippen LogP contribution in [0.2, 0.25) is 0 Å². The first-order valence-corrected chi connectivity index (χ1v) is 16.2. The van der Waals surface area contributed by atoms with E-state index in [4.69, 9.17) is 0 Å². The van der Waals surface area contributed by atoms with E-state index in [0.717, 1.165) is 0 Å². The number of rotatable bonds is 3. The summed E-state index contributed by atoms with van der Waals surface area (Å²) >= 11 is 1.89. The first-order chi connectivity index (χ1) is 22.3. The summed E-state index contributed by atoms with van der Waals surface area (Å²) in [6, 6.07) is 57.6. The van der Waals surface area contributed by atoms with Crippen molar-refractivity contribution in [2.24, 2.45) is 0 Å². The predicted molar refractivity (Wildman–Crippen MR) is 193 cm³/mol.